The molecule has 31 heavy (non-hydrogen) atoms. The number of para-hydroxylation sites is 1. The van der Waals surface area contributed by atoms with Gasteiger partial charge in [0.2, 0.25) is 0 Å². The van der Waals surface area contributed by atoms with Gasteiger partial charge in [-0.3, -0.25) is 14.8 Å². The topological polar surface area (TPSA) is 140 Å². The molecule has 0 spiro atoms. The maximum Gasteiger partial charge on any atom is 1.00 e. The van der Waals surface area contributed by atoms with Crippen molar-refractivity contribution in [1.29, 1.82) is 0 Å². The second kappa shape index (κ2) is 8.79. The summed E-state index contributed by atoms with van der Waals surface area (Å²) in [6.45, 7) is 0. The fourth-order valence-corrected chi connectivity index (χ4v) is 3.54. The van der Waals surface area contributed by atoms with Crippen LogP contribution in [0.3, 0.4) is 0 Å². The summed E-state index contributed by atoms with van der Waals surface area (Å²) in [5.74, 6) is -1.10. The molecule has 3 aromatic carbocycles. The molecule has 1 aliphatic carbocycles. The number of ketones is 2. The fraction of sp³-hybridized carbons (Fsp3) is 0. The van der Waals surface area contributed by atoms with Gasteiger partial charge in [0.1, 0.15) is 10.1 Å². The zero-order chi connectivity index (χ0) is 21.5. The van der Waals surface area contributed by atoms with E-state index in [1.807, 2.05) is 0 Å². The van der Waals surface area contributed by atoms with Gasteiger partial charge in [-0.1, -0.05) is 18.2 Å². The van der Waals surface area contributed by atoms with Crippen LogP contribution in [-0.2, 0) is 10.1 Å². The number of carbonyl (C=O) groups excluding carboxylic acids is 2. The van der Waals surface area contributed by atoms with Crippen LogP contribution in [0.25, 0.3) is 0 Å². The molecule has 1 N–H and O–H groups in total. The van der Waals surface area contributed by atoms with Crippen LogP contribution in [0.15, 0.2) is 82.0 Å². The van der Waals surface area contributed by atoms with Gasteiger partial charge in [-0.05, 0) is 53.8 Å². The van der Waals surface area contributed by atoms with Crippen molar-refractivity contribution in [2.75, 3.05) is 5.17 Å². The first-order valence-electron chi connectivity index (χ1n) is 8.55. The van der Waals surface area contributed by atoms with Crippen molar-refractivity contribution in [2.45, 2.75) is 4.90 Å². The van der Waals surface area contributed by atoms with Crippen LogP contribution in [-0.4, -0.2) is 29.7 Å². The molecule has 9 nitrogen and oxygen atoms in total. The normalized spacial score (nSPS) is 12.8. The molecule has 0 fully saturated rings. The summed E-state index contributed by atoms with van der Waals surface area (Å²) in [5.41, 5.74) is 0.500. The van der Waals surface area contributed by atoms with Crippen molar-refractivity contribution in [3.05, 3.63) is 89.0 Å². The summed E-state index contributed by atoms with van der Waals surface area (Å²) >= 11 is 0. The quantitative estimate of drug-likeness (QED) is 0.206. The minimum Gasteiger partial charge on any atom is -0.744 e. The Bertz CT molecular complexity index is 1330. The molecule has 0 bridgehead atoms. The standard InChI is InChI=1S/C20H13N3O6S.Na/c24-19-15-8-6-12(21-22-23(26)13-4-2-1-3-5-13)10-17(15)20(25)18-11-14(30(27,28)29)7-9-16(18)19;/h1-11,26H,(H,27,28,29);/q;+1/p-1. The molecule has 0 heterocycles. The summed E-state index contributed by atoms with van der Waals surface area (Å²) in [6.07, 6.45) is 0. The smallest absolute Gasteiger partial charge is 0.744 e. The Morgan fingerprint density at radius 2 is 1.39 bits per heavy atom. The van der Waals surface area contributed by atoms with E-state index in [0.29, 0.717) is 10.9 Å². The largest absolute Gasteiger partial charge is 1.00 e. The van der Waals surface area contributed by atoms with Gasteiger partial charge in [-0.2, -0.15) is 0 Å². The first kappa shape index (κ1) is 22.9. The Morgan fingerprint density at radius 1 is 0.806 bits per heavy atom. The molecule has 0 amide bonds. The number of nitrogens with zero attached hydrogens (tertiary/aromatic N) is 3. The fourth-order valence-electron chi connectivity index (χ4n) is 3.04. The van der Waals surface area contributed by atoms with Crippen molar-refractivity contribution >= 4 is 33.1 Å². The molecular weight excluding hydrogens is 433 g/mol. The molecular formula is C20H12N3NaO6S. The minimum absolute atomic E-state index is 0. The number of rotatable bonds is 4. The molecule has 0 radical (unpaired) electrons. The van der Waals surface area contributed by atoms with Gasteiger partial charge in [-0.25, -0.2) is 8.42 Å². The molecule has 0 unspecified atom stereocenters. The SMILES string of the molecule is O=C1c2ccc(N=NN(O)c3ccccc3)cc2C(=O)c2cc(S(=O)(=O)[O-])ccc21.[Na+]. The van der Waals surface area contributed by atoms with Crippen LogP contribution >= 0.6 is 0 Å². The first-order chi connectivity index (χ1) is 14.3. The van der Waals surface area contributed by atoms with Gasteiger partial charge in [0.15, 0.2) is 11.6 Å². The van der Waals surface area contributed by atoms with Gasteiger partial charge < -0.3 is 4.55 Å². The molecule has 0 aliphatic heterocycles. The van der Waals surface area contributed by atoms with Crippen LogP contribution in [0, 0.1) is 0 Å². The van der Waals surface area contributed by atoms with Gasteiger partial charge in [-0.15, -0.1) is 10.3 Å². The van der Waals surface area contributed by atoms with Crippen molar-refractivity contribution < 1.29 is 57.3 Å². The van der Waals surface area contributed by atoms with Crippen molar-refractivity contribution in [3.8, 4) is 0 Å². The van der Waals surface area contributed by atoms with E-state index in [-0.39, 0.29) is 57.5 Å². The van der Waals surface area contributed by atoms with E-state index in [0.717, 1.165) is 18.2 Å². The third-order valence-electron chi connectivity index (χ3n) is 4.49. The average Bonchev–Trinajstić information content (AvgIpc) is 2.75. The molecule has 0 atom stereocenters. The third kappa shape index (κ3) is 4.49. The molecule has 3 aromatic rings. The molecule has 0 saturated heterocycles. The predicted molar refractivity (Wildman–Crippen MR) is 103 cm³/mol. The van der Waals surface area contributed by atoms with E-state index in [9.17, 15) is 27.8 Å². The van der Waals surface area contributed by atoms with Crippen LogP contribution in [0.5, 0.6) is 0 Å². The van der Waals surface area contributed by atoms with Crippen LogP contribution in [0.2, 0.25) is 0 Å². The summed E-state index contributed by atoms with van der Waals surface area (Å²) in [4.78, 5) is 25.0. The Morgan fingerprint density at radius 3 is 2.03 bits per heavy atom. The Hall–Kier alpha value is -2.73. The van der Waals surface area contributed by atoms with Crippen molar-refractivity contribution in [3.63, 3.8) is 0 Å². The third-order valence-corrected chi connectivity index (χ3v) is 5.32. The van der Waals surface area contributed by atoms with E-state index >= 15 is 0 Å². The maximum absolute atomic E-state index is 12.9. The second-order valence-corrected chi connectivity index (χ2v) is 7.74. The average molecular weight is 445 g/mol. The van der Waals surface area contributed by atoms with Gasteiger partial charge >= 0.3 is 29.6 Å². The number of fused-ring (bicyclic) bond motifs is 2. The number of anilines is 1. The predicted octanol–water partition coefficient (Wildman–Crippen LogP) is 0.265. The maximum atomic E-state index is 12.9. The van der Waals surface area contributed by atoms with E-state index in [4.69, 9.17) is 0 Å². The van der Waals surface area contributed by atoms with Gasteiger partial charge in [0, 0.05) is 22.3 Å². The molecule has 150 valence electrons. The van der Waals surface area contributed by atoms with E-state index in [1.54, 1.807) is 30.3 Å². The summed E-state index contributed by atoms with van der Waals surface area (Å²) in [5, 5.41) is 18.0. The molecule has 0 aromatic heterocycles. The number of hydrogen-bond acceptors (Lipinski definition) is 8. The number of hydrogen-bond donors (Lipinski definition) is 1. The second-order valence-electron chi connectivity index (χ2n) is 6.36. The van der Waals surface area contributed by atoms with Crippen LogP contribution in [0.1, 0.15) is 31.8 Å². The van der Waals surface area contributed by atoms with Gasteiger partial charge in [0.05, 0.1) is 16.3 Å². The molecule has 4 rings (SSSR count). The Kier molecular flexibility index (Phi) is 6.51. The Labute approximate surface area is 199 Å². The minimum atomic E-state index is -4.79. The monoisotopic (exact) mass is 445 g/mol. The first-order valence-corrected chi connectivity index (χ1v) is 9.95. The van der Waals surface area contributed by atoms with E-state index in [2.05, 4.69) is 10.3 Å². The van der Waals surface area contributed by atoms with Crippen LogP contribution < -0.4 is 34.7 Å². The summed E-state index contributed by atoms with van der Waals surface area (Å²) in [7, 11) is -4.79. The van der Waals surface area contributed by atoms with Crippen molar-refractivity contribution in [2.24, 2.45) is 10.3 Å². The van der Waals surface area contributed by atoms with Crippen molar-refractivity contribution in [1.82, 2.24) is 0 Å². The number of carbonyl (C=O) groups is 2. The number of benzene rings is 3. The summed E-state index contributed by atoms with van der Waals surface area (Å²) in [6, 6.07) is 15.6. The zero-order valence-corrected chi connectivity index (χ0v) is 18.9. The van der Waals surface area contributed by atoms with E-state index < -0.39 is 26.6 Å². The molecule has 1 aliphatic rings. The van der Waals surface area contributed by atoms with E-state index in [1.165, 1.54) is 18.2 Å². The molecule has 11 heteroatoms. The summed E-state index contributed by atoms with van der Waals surface area (Å²) < 4.78 is 33.8. The Balaban J connectivity index is 0.00000272. The zero-order valence-electron chi connectivity index (χ0n) is 16.1. The van der Waals surface area contributed by atoms with Crippen LogP contribution in [0.4, 0.5) is 11.4 Å². The molecule has 0 saturated carbocycles. The van der Waals surface area contributed by atoms with Gasteiger partial charge in [0.25, 0.3) is 0 Å².